The predicted octanol–water partition coefficient (Wildman–Crippen LogP) is 4.45. The van der Waals surface area contributed by atoms with E-state index in [0.29, 0.717) is 23.8 Å². The van der Waals surface area contributed by atoms with Crippen molar-refractivity contribution in [1.82, 2.24) is 15.1 Å². The first-order chi connectivity index (χ1) is 16.2. The number of benzene rings is 1. The maximum Gasteiger partial charge on any atom is 0.416 e. The van der Waals surface area contributed by atoms with Gasteiger partial charge in [-0.05, 0) is 55.8 Å². The van der Waals surface area contributed by atoms with Crippen LogP contribution in [-0.2, 0) is 10.3 Å². The monoisotopic (exact) mass is 464 g/mol. The standard InChI is InChI=1S/C27H36N4O3/c1-19(2)20-8-10-21(11-9-20)27(33,25(3)16-30(4)17-25)22-14-23(29-28-15-22)31-18-26(34-24(31)32)12-6-5-7-13-26/h8-11,14-15,19,33H,5-7,12-13,16-18H2,1-4H3/t27-/m0/s1. The van der Waals surface area contributed by atoms with Crippen LogP contribution in [0.1, 0.15) is 75.5 Å². The summed E-state index contributed by atoms with van der Waals surface area (Å²) in [5.74, 6) is 0.855. The van der Waals surface area contributed by atoms with Gasteiger partial charge < -0.3 is 14.7 Å². The molecule has 1 aromatic heterocycles. The van der Waals surface area contributed by atoms with Gasteiger partial charge in [0.05, 0.1) is 12.7 Å². The van der Waals surface area contributed by atoms with Crippen LogP contribution in [0.15, 0.2) is 36.5 Å². The zero-order chi connectivity index (χ0) is 24.1. The van der Waals surface area contributed by atoms with E-state index in [2.05, 4.69) is 55.0 Å². The van der Waals surface area contributed by atoms with Crippen LogP contribution >= 0.6 is 0 Å². The Balaban J connectivity index is 1.53. The molecule has 3 aliphatic rings. The Morgan fingerprint density at radius 1 is 1.06 bits per heavy atom. The molecule has 34 heavy (non-hydrogen) atoms. The zero-order valence-corrected chi connectivity index (χ0v) is 20.8. The topological polar surface area (TPSA) is 78.8 Å². The summed E-state index contributed by atoms with van der Waals surface area (Å²) in [6, 6.07) is 10.1. The molecule has 1 atom stereocenters. The van der Waals surface area contributed by atoms with Crippen molar-refractivity contribution in [2.45, 2.75) is 70.0 Å². The molecule has 1 saturated carbocycles. The minimum Gasteiger partial charge on any atom is -0.441 e. The average molecular weight is 465 g/mol. The molecule has 0 radical (unpaired) electrons. The Morgan fingerprint density at radius 2 is 1.74 bits per heavy atom. The lowest BCUT2D eigenvalue weighted by atomic mass is 9.62. The first kappa shape index (κ1) is 23.2. The van der Waals surface area contributed by atoms with Gasteiger partial charge in [0.15, 0.2) is 5.82 Å². The van der Waals surface area contributed by atoms with Gasteiger partial charge in [-0.2, -0.15) is 5.10 Å². The Kier molecular flexibility index (Phi) is 5.68. The van der Waals surface area contributed by atoms with Crippen molar-refractivity contribution in [2.24, 2.45) is 5.41 Å². The van der Waals surface area contributed by atoms with Gasteiger partial charge in [-0.25, -0.2) is 4.79 Å². The van der Waals surface area contributed by atoms with Gasteiger partial charge in [-0.1, -0.05) is 51.5 Å². The van der Waals surface area contributed by atoms with Crippen LogP contribution in [0.5, 0.6) is 0 Å². The zero-order valence-electron chi connectivity index (χ0n) is 20.8. The molecule has 7 nitrogen and oxygen atoms in total. The number of hydrogen-bond donors (Lipinski definition) is 1. The van der Waals surface area contributed by atoms with Gasteiger partial charge in [-0.3, -0.25) is 4.90 Å². The predicted molar refractivity (Wildman–Crippen MR) is 131 cm³/mol. The van der Waals surface area contributed by atoms with Gasteiger partial charge in [0.25, 0.3) is 0 Å². The summed E-state index contributed by atoms with van der Waals surface area (Å²) in [5, 5.41) is 21.0. The molecule has 2 saturated heterocycles. The fourth-order valence-electron chi connectivity index (χ4n) is 6.29. The number of likely N-dealkylation sites (tertiary alicyclic amines) is 1. The second-order valence-electron chi connectivity index (χ2n) is 11.2. The van der Waals surface area contributed by atoms with Crippen molar-refractivity contribution >= 4 is 11.9 Å². The van der Waals surface area contributed by atoms with Crippen molar-refractivity contribution in [3.05, 3.63) is 53.2 Å². The first-order valence-corrected chi connectivity index (χ1v) is 12.5. The molecule has 3 fully saturated rings. The Morgan fingerprint density at radius 3 is 2.35 bits per heavy atom. The largest absolute Gasteiger partial charge is 0.441 e. The molecule has 0 unspecified atom stereocenters. The van der Waals surface area contributed by atoms with E-state index >= 15 is 0 Å². The van der Waals surface area contributed by atoms with Crippen LogP contribution in [0, 0.1) is 5.41 Å². The summed E-state index contributed by atoms with van der Waals surface area (Å²) in [6.07, 6.45) is 6.38. The van der Waals surface area contributed by atoms with Gasteiger partial charge in [0.1, 0.15) is 11.2 Å². The Hall–Kier alpha value is -2.51. The number of hydrogen-bond acceptors (Lipinski definition) is 6. The summed E-state index contributed by atoms with van der Waals surface area (Å²) in [5.41, 5.74) is 0.622. The number of carbonyl (C=O) groups is 1. The number of amides is 1. The summed E-state index contributed by atoms with van der Waals surface area (Å²) >= 11 is 0. The highest BCUT2D eigenvalue weighted by Crippen LogP contribution is 2.50. The van der Waals surface area contributed by atoms with E-state index in [0.717, 1.165) is 44.3 Å². The summed E-state index contributed by atoms with van der Waals surface area (Å²) in [6.45, 7) is 8.44. The molecule has 1 N–H and O–H groups in total. The number of anilines is 1. The molecule has 182 valence electrons. The van der Waals surface area contributed by atoms with Crippen LogP contribution in [-0.4, -0.2) is 58.6 Å². The molecule has 2 aromatic rings. The quantitative estimate of drug-likeness (QED) is 0.705. The third-order valence-electron chi connectivity index (χ3n) is 8.18. The van der Waals surface area contributed by atoms with Crippen molar-refractivity contribution in [3.63, 3.8) is 0 Å². The molecule has 0 bridgehead atoms. The third kappa shape index (κ3) is 3.69. The SMILES string of the molecule is CC(C)c1ccc([C@](O)(c2cnnc(N3CC4(CCCCC4)OC3=O)c2)C2(C)CN(C)C2)cc1. The van der Waals surface area contributed by atoms with Crippen molar-refractivity contribution in [3.8, 4) is 0 Å². The van der Waals surface area contributed by atoms with E-state index in [4.69, 9.17) is 4.74 Å². The highest BCUT2D eigenvalue weighted by atomic mass is 16.6. The lowest BCUT2D eigenvalue weighted by Gasteiger charge is -2.55. The summed E-state index contributed by atoms with van der Waals surface area (Å²) < 4.78 is 5.87. The van der Waals surface area contributed by atoms with Crippen molar-refractivity contribution in [2.75, 3.05) is 31.6 Å². The second-order valence-corrected chi connectivity index (χ2v) is 11.2. The van der Waals surface area contributed by atoms with E-state index in [1.54, 1.807) is 11.1 Å². The highest BCUT2D eigenvalue weighted by Gasteiger charge is 2.56. The minimum atomic E-state index is -1.27. The van der Waals surface area contributed by atoms with Crippen LogP contribution < -0.4 is 4.90 Å². The van der Waals surface area contributed by atoms with Gasteiger partial charge in [-0.15, -0.1) is 5.10 Å². The van der Waals surface area contributed by atoms with Crippen LogP contribution in [0.3, 0.4) is 0 Å². The lowest BCUT2D eigenvalue weighted by Crippen LogP contribution is -2.63. The van der Waals surface area contributed by atoms with E-state index in [9.17, 15) is 9.90 Å². The van der Waals surface area contributed by atoms with Crippen LogP contribution in [0.4, 0.5) is 10.6 Å². The summed E-state index contributed by atoms with van der Waals surface area (Å²) in [4.78, 5) is 16.7. The molecule has 2 aliphatic heterocycles. The number of aliphatic hydroxyl groups is 1. The normalized spacial score (nSPS) is 23.6. The Bertz CT molecular complexity index is 1060. The fraction of sp³-hybridized carbons (Fsp3) is 0.593. The van der Waals surface area contributed by atoms with Crippen molar-refractivity contribution < 1.29 is 14.6 Å². The molecule has 1 aliphatic carbocycles. The lowest BCUT2D eigenvalue weighted by molar-refractivity contribution is -0.127. The average Bonchev–Trinajstić information content (AvgIpc) is 3.13. The summed E-state index contributed by atoms with van der Waals surface area (Å²) in [7, 11) is 2.06. The molecule has 3 heterocycles. The number of aromatic nitrogens is 2. The van der Waals surface area contributed by atoms with E-state index in [1.807, 2.05) is 18.2 Å². The minimum absolute atomic E-state index is 0.368. The maximum atomic E-state index is 12.9. The van der Waals surface area contributed by atoms with Crippen molar-refractivity contribution in [1.29, 1.82) is 0 Å². The molecule has 1 amide bonds. The number of carbonyl (C=O) groups excluding carboxylic acids is 1. The number of ether oxygens (including phenoxy) is 1. The highest BCUT2D eigenvalue weighted by molar-refractivity contribution is 5.89. The van der Waals surface area contributed by atoms with E-state index < -0.39 is 16.6 Å². The Labute approximate surface area is 202 Å². The van der Waals surface area contributed by atoms with E-state index in [1.165, 1.54) is 12.0 Å². The number of nitrogens with zero attached hydrogens (tertiary/aromatic N) is 4. The molecule has 7 heteroatoms. The maximum absolute atomic E-state index is 12.9. The second kappa shape index (κ2) is 8.31. The molecule has 1 aromatic carbocycles. The first-order valence-electron chi connectivity index (χ1n) is 12.5. The van der Waals surface area contributed by atoms with Gasteiger partial charge in [0.2, 0.25) is 0 Å². The van der Waals surface area contributed by atoms with E-state index in [-0.39, 0.29) is 6.09 Å². The molecule has 5 rings (SSSR count). The van der Waals surface area contributed by atoms with Crippen LogP contribution in [0.25, 0.3) is 0 Å². The molecular formula is C27H36N4O3. The van der Waals surface area contributed by atoms with Gasteiger partial charge in [0, 0.05) is 24.1 Å². The molecule has 1 spiro atoms. The molecular weight excluding hydrogens is 428 g/mol. The van der Waals surface area contributed by atoms with Crippen LogP contribution in [0.2, 0.25) is 0 Å². The fourth-order valence-corrected chi connectivity index (χ4v) is 6.29. The third-order valence-corrected chi connectivity index (χ3v) is 8.18. The smallest absolute Gasteiger partial charge is 0.416 e. The van der Waals surface area contributed by atoms with Gasteiger partial charge >= 0.3 is 6.09 Å². The number of rotatable bonds is 5.